The largest absolute Gasteiger partial charge is 0.368 e. The van der Waals surface area contributed by atoms with Gasteiger partial charge in [-0.2, -0.15) is 0 Å². The second-order valence-corrected chi connectivity index (χ2v) is 8.40. The summed E-state index contributed by atoms with van der Waals surface area (Å²) in [6.45, 7) is 7.73. The van der Waals surface area contributed by atoms with E-state index in [9.17, 15) is 13.2 Å². The van der Waals surface area contributed by atoms with Crippen LogP contribution in [0.15, 0.2) is 0 Å². The Bertz CT molecular complexity index is 436. The number of primary amides is 1. The fourth-order valence-electron chi connectivity index (χ4n) is 2.50. The molecule has 118 valence electrons. The number of nitrogens with two attached hydrogens (primary N) is 1. The molecule has 0 spiro atoms. The van der Waals surface area contributed by atoms with Crippen molar-refractivity contribution in [2.24, 2.45) is 5.73 Å². The first kappa shape index (κ1) is 17.4. The minimum absolute atomic E-state index is 0.164. The molecule has 0 radical (unpaired) electrons. The molecule has 1 atom stereocenters. The molecule has 0 aliphatic carbocycles. The molecule has 0 aromatic rings. The van der Waals surface area contributed by atoms with E-state index in [1.165, 1.54) is 0 Å². The normalized spacial score (nSPS) is 23.2. The van der Waals surface area contributed by atoms with Crippen LogP contribution in [0.1, 0.15) is 33.6 Å². The molecule has 1 aliphatic rings. The van der Waals surface area contributed by atoms with Crippen molar-refractivity contribution in [3.8, 4) is 0 Å². The van der Waals surface area contributed by atoms with Crippen molar-refractivity contribution >= 4 is 15.7 Å². The third-order valence-electron chi connectivity index (χ3n) is 3.73. The number of sulfone groups is 1. The molecule has 0 saturated carbocycles. The zero-order chi connectivity index (χ0) is 15.4. The predicted molar refractivity (Wildman–Crippen MR) is 80.2 cm³/mol. The lowest BCUT2D eigenvalue weighted by atomic mass is 9.95. The molecule has 1 rings (SSSR count). The van der Waals surface area contributed by atoms with Crippen molar-refractivity contribution in [2.75, 3.05) is 31.1 Å². The van der Waals surface area contributed by atoms with Gasteiger partial charge in [-0.25, -0.2) is 8.42 Å². The Morgan fingerprint density at radius 1 is 1.35 bits per heavy atom. The predicted octanol–water partition coefficient (Wildman–Crippen LogP) is -0.261. The molecule has 1 saturated heterocycles. The number of carbonyl (C=O) groups excluding carboxylic acids is 1. The molecule has 0 aromatic heterocycles. The molecule has 1 fully saturated rings. The summed E-state index contributed by atoms with van der Waals surface area (Å²) in [5, 5.41) is 3.21. The first-order valence-corrected chi connectivity index (χ1v) is 8.97. The minimum Gasteiger partial charge on any atom is -0.368 e. The molecule has 7 heteroatoms. The summed E-state index contributed by atoms with van der Waals surface area (Å²) < 4.78 is 23.1. The monoisotopic (exact) mass is 305 g/mol. The maximum absolute atomic E-state index is 11.6. The Labute approximate surface area is 122 Å². The quantitative estimate of drug-likeness (QED) is 0.705. The topological polar surface area (TPSA) is 92.5 Å². The Kier molecular flexibility index (Phi) is 5.97. The van der Waals surface area contributed by atoms with Gasteiger partial charge in [-0.05, 0) is 40.2 Å². The third kappa shape index (κ3) is 5.38. The Balaban J connectivity index is 2.57. The van der Waals surface area contributed by atoms with E-state index in [0.717, 1.165) is 6.54 Å². The van der Waals surface area contributed by atoms with Crippen LogP contribution in [0.3, 0.4) is 0 Å². The molecule has 20 heavy (non-hydrogen) atoms. The molecule has 3 N–H and O–H groups in total. The summed E-state index contributed by atoms with van der Waals surface area (Å²) in [6.07, 6.45) is 1.24. The van der Waals surface area contributed by atoms with Crippen LogP contribution in [0.5, 0.6) is 0 Å². The average molecular weight is 305 g/mol. The zero-order valence-corrected chi connectivity index (χ0v) is 13.5. The molecule has 1 amide bonds. The average Bonchev–Trinajstić information content (AvgIpc) is 2.47. The molecule has 1 heterocycles. The van der Waals surface area contributed by atoms with Gasteiger partial charge in [0.1, 0.15) is 0 Å². The van der Waals surface area contributed by atoms with E-state index in [0.29, 0.717) is 25.9 Å². The standard InChI is InChI=1S/C13H27N3O3S/c1-11(2)15-13(3,12(14)17)5-7-16-6-4-9-20(18,19)10-8-16/h11,15H,4-10H2,1-3H3,(H2,14,17). The highest BCUT2D eigenvalue weighted by molar-refractivity contribution is 7.91. The van der Waals surface area contributed by atoms with E-state index in [4.69, 9.17) is 5.73 Å². The number of amides is 1. The van der Waals surface area contributed by atoms with Gasteiger partial charge in [0.25, 0.3) is 0 Å². The molecule has 0 aromatic carbocycles. The maximum Gasteiger partial charge on any atom is 0.237 e. The third-order valence-corrected chi connectivity index (χ3v) is 5.44. The van der Waals surface area contributed by atoms with E-state index >= 15 is 0 Å². The van der Waals surface area contributed by atoms with Crippen molar-refractivity contribution in [1.29, 1.82) is 0 Å². The zero-order valence-electron chi connectivity index (χ0n) is 12.7. The van der Waals surface area contributed by atoms with Crippen molar-refractivity contribution in [1.82, 2.24) is 10.2 Å². The van der Waals surface area contributed by atoms with E-state index in [1.54, 1.807) is 0 Å². The van der Waals surface area contributed by atoms with E-state index in [-0.39, 0.29) is 23.5 Å². The molecular formula is C13H27N3O3S. The van der Waals surface area contributed by atoms with Gasteiger partial charge >= 0.3 is 0 Å². The van der Waals surface area contributed by atoms with Crippen LogP contribution in [0.2, 0.25) is 0 Å². The highest BCUT2D eigenvalue weighted by Crippen LogP contribution is 2.13. The molecular weight excluding hydrogens is 278 g/mol. The fraction of sp³-hybridized carbons (Fsp3) is 0.923. The van der Waals surface area contributed by atoms with Gasteiger partial charge in [-0.1, -0.05) is 0 Å². The summed E-state index contributed by atoms with van der Waals surface area (Å²) in [5.74, 6) is 0.104. The van der Waals surface area contributed by atoms with Gasteiger partial charge in [0.2, 0.25) is 5.91 Å². The lowest BCUT2D eigenvalue weighted by Crippen LogP contribution is -2.56. The van der Waals surface area contributed by atoms with Crippen LogP contribution in [0.25, 0.3) is 0 Å². The van der Waals surface area contributed by atoms with Crippen molar-refractivity contribution in [3.05, 3.63) is 0 Å². The number of nitrogens with zero attached hydrogens (tertiary/aromatic N) is 1. The Morgan fingerprint density at radius 3 is 2.55 bits per heavy atom. The summed E-state index contributed by atoms with van der Waals surface area (Å²) in [6, 6.07) is 0.164. The van der Waals surface area contributed by atoms with Gasteiger partial charge in [0.15, 0.2) is 9.84 Å². The highest BCUT2D eigenvalue weighted by atomic mass is 32.2. The molecule has 1 aliphatic heterocycles. The molecule has 0 bridgehead atoms. The number of nitrogens with one attached hydrogen (secondary N) is 1. The maximum atomic E-state index is 11.6. The van der Waals surface area contributed by atoms with Crippen LogP contribution >= 0.6 is 0 Å². The second-order valence-electron chi connectivity index (χ2n) is 6.09. The first-order chi connectivity index (χ1) is 9.15. The fourth-order valence-corrected chi connectivity index (χ4v) is 3.81. The molecule has 1 unspecified atom stereocenters. The Hall–Kier alpha value is -0.660. The van der Waals surface area contributed by atoms with Gasteiger partial charge in [-0.3, -0.25) is 4.79 Å². The van der Waals surface area contributed by atoms with Crippen molar-refractivity contribution in [2.45, 2.75) is 45.2 Å². The Morgan fingerprint density at radius 2 is 2.00 bits per heavy atom. The van der Waals surface area contributed by atoms with E-state index in [1.807, 2.05) is 20.8 Å². The smallest absolute Gasteiger partial charge is 0.237 e. The van der Waals surface area contributed by atoms with E-state index in [2.05, 4.69) is 10.2 Å². The summed E-state index contributed by atoms with van der Waals surface area (Å²) in [5.41, 5.74) is 4.74. The van der Waals surface area contributed by atoms with E-state index < -0.39 is 15.4 Å². The highest BCUT2D eigenvalue weighted by Gasteiger charge is 2.32. The lowest BCUT2D eigenvalue weighted by molar-refractivity contribution is -0.124. The number of carbonyl (C=O) groups is 1. The van der Waals surface area contributed by atoms with Crippen LogP contribution in [-0.2, 0) is 14.6 Å². The van der Waals surface area contributed by atoms with Crippen LogP contribution in [0.4, 0.5) is 0 Å². The van der Waals surface area contributed by atoms with Gasteiger partial charge < -0.3 is 16.0 Å². The van der Waals surface area contributed by atoms with Crippen LogP contribution < -0.4 is 11.1 Å². The number of hydrogen-bond acceptors (Lipinski definition) is 5. The van der Waals surface area contributed by atoms with Gasteiger partial charge in [0, 0.05) is 19.1 Å². The minimum atomic E-state index is -2.89. The van der Waals surface area contributed by atoms with Crippen molar-refractivity contribution < 1.29 is 13.2 Å². The first-order valence-electron chi connectivity index (χ1n) is 7.15. The van der Waals surface area contributed by atoms with Crippen molar-refractivity contribution in [3.63, 3.8) is 0 Å². The van der Waals surface area contributed by atoms with Crippen LogP contribution in [0, 0.1) is 0 Å². The van der Waals surface area contributed by atoms with Crippen LogP contribution in [-0.4, -0.2) is 61.9 Å². The number of hydrogen-bond donors (Lipinski definition) is 2. The SMILES string of the molecule is CC(C)NC(C)(CCN1CCCS(=O)(=O)CC1)C(N)=O. The molecule has 6 nitrogen and oxygen atoms in total. The van der Waals surface area contributed by atoms with Gasteiger partial charge in [-0.15, -0.1) is 0 Å². The second kappa shape index (κ2) is 6.87. The lowest BCUT2D eigenvalue weighted by Gasteiger charge is -2.32. The van der Waals surface area contributed by atoms with Gasteiger partial charge in [0.05, 0.1) is 17.0 Å². The summed E-state index contributed by atoms with van der Waals surface area (Å²) in [7, 11) is -2.89. The summed E-state index contributed by atoms with van der Waals surface area (Å²) in [4.78, 5) is 13.8. The number of rotatable bonds is 6. The summed E-state index contributed by atoms with van der Waals surface area (Å²) >= 11 is 0.